The van der Waals surface area contributed by atoms with Gasteiger partial charge in [-0.2, -0.15) is 0 Å². The first-order valence-electron chi connectivity index (χ1n) is 6.76. The van der Waals surface area contributed by atoms with Gasteiger partial charge in [-0.25, -0.2) is 0 Å². The van der Waals surface area contributed by atoms with Gasteiger partial charge in [0.15, 0.2) is 0 Å². The van der Waals surface area contributed by atoms with Crippen molar-refractivity contribution in [2.75, 3.05) is 18.0 Å². The standard InChI is InChI=1S/C15H24N2/c1-12(2)16-11-13(3)17-10-6-8-14-7-4-5-9-15(14)17/h4-5,7,9,12-13,16H,6,8,10-11H2,1-3H3. The Labute approximate surface area is 105 Å². The summed E-state index contributed by atoms with van der Waals surface area (Å²) in [4.78, 5) is 2.55. The normalized spacial score (nSPS) is 17.1. The van der Waals surface area contributed by atoms with Gasteiger partial charge in [0, 0.05) is 30.9 Å². The van der Waals surface area contributed by atoms with Crippen molar-refractivity contribution in [3.05, 3.63) is 29.8 Å². The van der Waals surface area contributed by atoms with Crippen LogP contribution in [0.3, 0.4) is 0 Å². The molecule has 1 unspecified atom stereocenters. The fraction of sp³-hybridized carbons (Fsp3) is 0.600. The summed E-state index contributed by atoms with van der Waals surface area (Å²) in [7, 11) is 0. The van der Waals surface area contributed by atoms with Gasteiger partial charge in [-0.1, -0.05) is 32.0 Å². The number of fused-ring (bicyclic) bond motifs is 1. The molecule has 0 aliphatic carbocycles. The summed E-state index contributed by atoms with van der Waals surface area (Å²) in [5.41, 5.74) is 2.95. The third kappa shape index (κ3) is 3.01. The number of anilines is 1. The number of para-hydroxylation sites is 1. The van der Waals surface area contributed by atoms with Gasteiger partial charge in [0.2, 0.25) is 0 Å². The maximum Gasteiger partial charge on any atom is 0.0401 e. The first-order chi connectivity index (χ1) is 8.18. The summed E-state index contributed by atoms with van der Waals surface area (Å²) in [6.07, 6.45) is 2.51. The first-order valence-corrected chi connectivity index (χ1v) is 6.76. The Morgan fingerprint density at radius 1 is 1.24 bits per heavy atom. The van der Waals surface area contributed by atoms with E-state index >= 15 is 0 Å². The summed E-state index contributed by atoms with van der Waals surface area (Å²) >= 11 is 0. The topological polar surface area (TPSA) is 15.3 Å². The molecular formula is C15H24N2. The molecule has 1 atom stereocenters. The van der Waals surface area contributed by atoms with E-state index in [-0.39, 0.29) is 0 Å². The molecule has 1 N–H and O–H groups in total. The average molecular weight is 232 g/mol. The lowest BCUT2D eigenvalue weighted by Gasteiger charge is -2.36. The van der Waals surface area contributed by atoms with Crippen molar-refractivity contribution >= 4 is 5.69 Å². The van der Waals surface area contributed by atoms with Crippen LogP contribution >= 0.6 is 0 Å². The zero-order valence-electron chi connectivity index (χ0n) is 11.2. The van der Waals surface area contributed by atoms with E-state index in [2.05, 4.69) is 55.3 Å². The van der Waals surface area contributed by atoms with E-state index in [0.717, 1.165) is 6.54 Å². The van der Waals surface area contributed by atoms with Crippen molar-refractivity contribution < 1.29 is 0 Å². The largest absolute Gasteiger partial charge is 0.367 e. The van der Waals surface area contributed by atoms with Gasteiger partial charge in [0.25, 0.3) is 0 Å². The number of benzene rings is 1. The van der Waals surface area contributed by atoms with Crippen LogP contribution < -0.4 is 10.2 Å². The van der Waals surface area contributed by atoms with Gasteiger partial charge in [-0.3, -0.25) is 0 Å². The number of hydrogen-bond acceptors (Lipinski definition) is 2. The lowest BCUT2D eigenvalue weighted by atomic mass is 10.0. The Kier molecular flexibility index (Phi) is 4.06. The van der Waals surface area contributed by atoms with Gasteiger partial charge >= 0.3 is 0 Å². The molecule has 94 valence electrons. The molecule has 1 aromatic rings. The van der Waals surface area contributed by atoms with Crippen molar-refractivity contribution in [1.29, 1.82) is 0 Å². The second-order valence-electron chi connectivity index (χ2n) is 5.34. The molecule has 0 saturated heterocycles. The lowest BCUT2D eigenvalue weighted by Crippen LogP contribution is -2.44. The molecule has 2 nitrogen and oxygen atoms in total. The highest BCUT2D eigenvalue weighted by molar-refractivity contribution is 5.56. The molecule has 1 aliphatic heterocycles. The Bertz CT molecular complexity index is 360. The minimum atomic E-state index is 0.567. The lowest BCUT2D eigenvalue weighted by molar-refractivity contribution is 0.506. The van der Waals surface area contributed by atoms with Crippen molar-refractivity contribution in [1.82, 2.24) is 5.32 Å². The van der Waals surface area contributed by atoms with Crippen LogP contribution in [0.25, 0.3) is 0 Å². The minimum absolute atomic E-state index is 0.567. The number of aryl methyl sites for hydroxylation is 1. The van der Waals surface area contributed by atoms with Gasteiger partial charge in [0.05, 0.1) is 0 Å². The third-order valence-electron chi connectivity index (χ3n) is 3.50. The smallest absolute Gasteiger partial charge is 0.0401 e. The van der Waals surface area contributed by atoms with E-state index in [0.29, 0.717) is 12.1 Å². The van der Waals surface area contributed by atoms with E-state index in [1.807, 2.05) is 0 Å². The van der Waals surface area contributed by atoms with E-state index in [1.54, 1.807) is 0 Å². The first kappa shape index (κ1) is 12.4. The van der Waals surface area contributed by atoms with E-state index in [4.69, 9.17) is 0 Å². The molecule has 2 heteroatoms. The maximum absolute atomic E-state index is 3.53. The van der Waals surface area contributed by atoms with Crippen LogP contribution in [0.2, 0.25) is 0 Å². The van der Waals surface area contributed by atoms with Crippen LogP contribution in [-0.4, -0.2) is 25.2 Å². The van der Waals surface area contributed by atoms with Gasteiger partial charge in [-0.05, 0) is 31.4 Å². The quantitative estimate of drug-likeness (QED) is 0.858. The summed E-state index contributed by atoms with van der Waals surface area (Å²) < 4.78 is 0. The zero-order valence-corrected chi connectivity index (χ0v) is 11.2. The van der Waals surface area contributed by atoms with E-state index in [9.17, 15) is 0 Å². The molecule has 0 aromatic heterocycles. The predicted octanol–water partition coefficient (Wildman–Crippen LogP) is 2.83. The van der Waals surface area contributed by atoms with Crippen molar-refractivity contribution in [2.24, 2.45) is 0 Å². The van der Waals surface area contributed by atoms with Crippen molar-refractivity contribution in [2.45, 2.75) is 45.7 Å². The molecule has 0 radical (unpaired) electrons. The minimum Gasteiger partial charge on any atom is -0.367 e. The molecule has 1 aliphatic rings. The van der Waals surface area contributed by atoms with Crippen molar-refractivity contribution in [3.63, 3.8) is 0 Å². The summed E-state index contributed by atoms with van der Waals surface area (Å²) in [6, 6.07) is 9.97. The second kappa shape index (κ2) is 5.54. The van der Waals surface area contributed by atoms with Crippen LogP contribution in [0.4, 0.5) is 5.69 Å². The van der Waals surface area contributed by atoms with Gasteiger partial charge in [-0.15, -0.1) is 0 Å². The average Bonchev–Trinajstić information content (AvgIpc) is 2.35. The molecule has 0 amide bonds. The zero-order chi connectivity index (χ0) is 12.3. The molecule has 1 aromatic carbocycles. The van der Waals surface area contributed by atoms with Crippen molar-refractivity contribution in [3.8, 4) is 0 Å². The second-order valence-corrected chi connectivity index (χ2v) is 5.34. The van der Waals surface area contributed by atoms with Crippen LogP contribution in [-0.2, 0) is 6.42 Å². The highest BCUT2D eigenvalue weighted by atomic mass is 15.2. The van der Waals surface area contributed by atoms with Crippen LogP contribution in [0.5, 0.6) is 0 Å². The highest BCUT2D eigenvalue weighted by Gasteiger charge is 2.20. The third-order valence-corrected chi connectivity index (χ3v) is 3.50. The number of rotatable bonds is 4. The predicted molar refractivity (Wildman–Crippen MR) is 74.7 cm³/mol. The fourth-order valence-corrected chi connectivity index (χ4v) is 2.54. The molecular weight excluding hydrogens is 208 g/mol. The van der Waals surface area contributed by atoms with Gasteiger partial charge in [0.1, 0.15) is 0 Å². The summed E-state index contributed by atoms with van der Waals surface area (Å²) in [5, 5.41) is 3.53. The van der Waals surface area contributed by atoms with E-state index in [1.165, 1.54) is 30.6 Å². The maximum atomic E-state index is 3.53. The molecule has 0 saturated carbocycles. The van der Waals surface area contributed by atoms with Crippen LogP contribution in [0, 0.1) is 0 Å². The summed E-state index contributed by atoms with van der Waals surface area (Å²) in [5.74, 6) is 0. The van der Waals surface area contributed by atoms with Gasteiger partial charge < -0.3 is 10.2 Å². The number of nitrogens with zero attached hydrogens (tertiary/aromatic N) is 1. The Morgan fingerprint density at radius 3 is 2.76 bits per heavy atom. The summed E-state index contributed by atoms with van der Waals surface area (Å²) in [6.45, 7) is 8.98. The van der Waals surface area contributed by atoms with Crippen LogP contribution in [0.1, 0.15) is 32.8 Å². The Hall–Kier alpha value is -1.02. The molecule has 0 bridgehead atoms. The fourth-order valence-electron chi connectivity index (χ4n) is 2.54. The molecule has 0 fully saturated rings. The Morgan fingerprint density at radius 2 is 2.00 bits per heavy atom. The molecule has 2 rings (SSSR count). The monoisotopic (exact) mass is 232 g/mol. The molecule has 0 spiro atoms. The Balaban J connectivity index is 2.07. The SMILES string of the molecule is CC(C)NCC(C)N1CCCc2ccccc21. The van der Waals surface area contributed by atoms with E-state index < -0.39 is 0 Å². The van der Waals surface area contributed by atoms with Crippen LogP contribution in [0.15, 0.2) is 24.3 Å². The molecule has 17 heavy (non-hydrogen) atoms. The number of hydrogen-bond donors (Lipinski definition) is 1. The highest BCUT2D eigenvalue weighted by Crippen LogP contribution is 2.28. The number of nitrogens with one attached hydrogen (secondary N) is 1. The molecule has 1 heterocycles.